The molecule has 0 aliphatic carbocycles. The number of rotatable bonds is 3. The van der Waals surface area contributed by atoms with Crippen molar-refractivity contribution in [3.05, 3.63) is 54.1 Å². The van der Waals surface area contributed by atoms with E-state index in [2.05, 4.69) is 61.7 Å². The second kappa shape index (κ2) is 6.13. The van der Waals surface area contributed by atoms with Crippen molar-refractivity contribution < 1.29 is 0 Å². The SMILES string of the molecule is CC(C#N)Cn1c(-c2ccc(C(C)(C)C)cc2)nc2ccccc21. The molecule has 3 rings (SSSR count). The predicted octanol–water partition coefficient (Wildman–Crippen LogP) is 5.16. The van der Waals surface area contributed by atoms with E-state index in [9.17, 15) is 5.26 Å². The molecule has 3 aromatic rings. The maximum Gasteiger partial charge on any atom is 0.141 e. The molecule has 2 aromatic carbocycles. The van der Waals surface area contributed by atoms with Gasteiger partial charge in [0, 0.05) is 12.1 Å². The van der Waals surface area contributed by atoms with Crippen molar-refractivity contribution in [1.29, 1.82) is 5.26 Å². The Bertz CT molecular complexity index is 889. The highest BCUT2D eigenvalue weighted by atomic mass is 15.1. The van der Waals surface area contributed by atoms with Crippen molar-refractivity contribution in [1.82, 2.24) is 9.55 Å². The first kappa shape index (κ1) is 16.3. The minimum absolute atomic E-state index is 0.0600. The Morgan fingerprint density at radius 1 is 1.08 bits per heavy atom. The largest absolute Gasteiger partial charge is 0.323 e. The molecule has 0 fully saturated rings. The molecule has 0 radical (unpaired) electrons. The lowest BCUT2D eigenvalue weighted by Gasteiger charge is -2.19. The number of nitriles is 1. The average molecular weight is 317 g/mol. The van der Waals surface area contributed by atoms with Crippen molar-refractivity contribution in [3.63, 3.8) is 0 Å². The normalized spacial score (nSPS) is 13.0. The Hall–Kier alpha value is -2.60. The van der Waals surface area contributed by atoms with E-state index in [1.807, 2.05) is 25.1 Å². The van der Waals surface area contributed by atoms with Crippen LogP contribution in [0.15, 0.2) is 48.5 Å². The molecule has 0 N–H and O–H groups in total. The van der Waals surface area contributed by atoms with Crippen LogP contribution < -0.4 is 0 Å². The Labute approximate surface area is 143 Å². The summed E-state index contributed by atoms with van der Waals surface area (Å²) < 4.78 is 2.16. The van der Waals surface area contributed by atoms with Gasteiger partial charge in [-0.25, -0.2) is 4.98 Å². The minimum atomic E-state index is -0.0600. The van der Waals surface area contributed by atoms with E-state index in [1.54, 1.807) is 0 Å². The van der Waals surface area contributed by atoms with Gasteiger partial charge in [0.2, 0.25) is 0 Å². The third-order valence-corrected chi connectivity index (χ3v) is 4.34. The zero-order valence-corrected chi connectivity index (χ0v) is 14.7. The molecule has 1 atom stereocenters. The number of hydrogen-bond donors (Lipinski definition) is 0. The van der Waals surface area contributed by atoms with Crippen LogP contribution in [0, 0.1) is 17.2 Å². The summed E-state index contributed by atoms with van der Waals surface area (Å²) in [5, 5.41) is 9.21. The van der Waals surface area contributed by atoms with Gasteiger partial charge in [-0.2, -0.15) is 5.26 Å². The molecular weight excluding hydrogens is 294 g/mol. The summed E-state index contributed by atoms with van der Waals surface area (Å²) in [6, 6.07) is 19.1. The van der Waals surface area contributed by atoms with Crippen LogP contribution >= 0.6 is 0 Å². The highest BCUT2D eigenvalue weighted by molar-refractivity contribution is 5.80. The van der Waals surface area contributed by atoms with E-state index in [0.717, 1.165) is 22.4 Å². The van der Waals surface area contributed by atoms with Gasteiger partial charge in [0.1, 0.15) is 5.82 Å². The number of nitrogens with zero attached hydrogens (tertiary/aromatic N) is 3. The predicted molar refractivity (Wildman–Crippen MR) is 98.6 cm³/mol. The van der Waals surface area contributed by atoms with Gasteiger partial charge in [-0.3, -0.25) is 0 Å². The molecule has 0 saturated carbocycles. The minimum Gasteiger partial charge on any atom is -0.323 e. The van der Waals surface area contributed by atoms with E-state index >= 15 is 0 Å². The molecule has 3 heteroatoms. The molecule has 1 heterocycles. The van der Waals surface area contributed by atoms with Crippen LogP contribution in [-0.4, -0.2) is 9.55 Å². The van der Waals surface area contributed by atoms with Crippen LogP contribution in [0.5, 0.6) is 0 Å². The Morgan fingerprint density at radius 3 is 2.38 bits per heavy atom. The molecule has 122 valence electrons. The number of imidazole rings is 1. The standard InChI is InChI=1S/C21H23N3/c1-15(13-22)14-24-19-8-6-5-7-18(19)23-20(24)16-9-11-17(12-10-16)21(2,3)4/h5-12,15H,14H2,1-4H3. The van der Waals surface area contributed by atoms with Crippen LogP contribution in [0.3, 0.4) is 0 Å². The first-order valence-electron chi connectivity index (χ1n) is 8.36. The summed E-state index contributed by atoms with van der Waals surface area (Å²) in [5.74, 6) is 0.869. The zero-order chi connectivity index (χ0) is 17.3. The van der Waals surface area contributed by atoms with Crippen molar-refractivity contribution in [2.75, 3.05) is 0 Å². The fourth-order valence-corrected chi connectivity index (χ4v) is 2.91. The molecule has 0 aliphatic heterocycles. The zero-order valence-electron chi connectivity index (χ0n) is 14.7. The maximum absolute atomic E-state index is 9.21. The topological polar surface area (TPSA) is 41.6 Å². The first-order valence-corrected chi connectivity index (χ1v) is 8.36. The number of fused-ring (bicyclic) bond motifs is 1. The van der Waals surface area contributed by atoms with Gasteiger partial charge in [0.05, 0.1) is 23.0 Å². The van der Waals surface area contributed by atoms with Crippen LogP contribution in [0.1, 0.15) is 33.3 Å². The van der Waals surface area contributed by atoms with E-state index < -0.39 is 0 Å². The third-order valence-electron chi connectivity index (χ3n) is 4.34. The molecule has 1 aromatic heterocycles. The van der Waals surface area contributed by atoms with Gasteiger partial charge in [-0.15, -0.1) is 0 Å². The summed E-state index contributed by atoms with van der Waals surface area (Å²) in [6.07, 6.45) is 0. The number of benzene rings is 2. The summed E-state index contributed by atoms with van der Waals surface area (Å²) in [6.45, 7) is 9.23. The molecule has 0 amide bonds. The van der Waals surface area contributed by atoms with Gasteiger partial charge in [-0.1, -0.05) is 57.2 Å². The monoisotopic (exact) mass is 317 g/mol. The summed E-state index contributed by atoms with van der Waals surface area (Å²) in [7, 11) is 0. The van der Waals surface area contributed by atoms with Gasteiger partial charge >= 0.3 is 0 Å². The quantitative estimate of drug-likeness (QED) is 0.669. The van der Waals surface area contributed by atoms with Gasteiger partial charge in [0.25, 0.3) is 0 Å². The summed E-state index contributed by atoms with van der Waals surface area (Å²) in [4.78, 5) is 4.82. The summed E-state index contributed by atoms with van der Waals surface area (Å²) >= 11 is 0. The number of hydrogen-bond acceptors (Lipinski definition) is 2. The van der Waals surface area contributed by atoms with Gasteiger partial charge < -0.3 is 4.57 Å². The molecule has 0 saturated heterocycles. The Morgan fingerprint density at radius 2 is 1.75 bits per heavy atom. The Balaban J connectivity index is 2.11. The molecule has 0 bridgehead atoms. The fraction of sp³-hybridized carbons (Fsp3) is 0.333. The third kappa shape index (κ3) is 3.05. The maximum atomic E-state index is 9.21. The first-order chi connectivity index (χ1) is 11.4. The lowest BCUT2D eigenvalue weighted by atomic mass is 9.87. The smallest absolute Gasteiger partial charge is 0.141 e. The second-order valence-electron chi connectivity index (χ2n) is 7.39. The lowest BCUT2D eigenvalue weighted by Crippen LogP contribution is -2.11. The van der Waals surface area contributed by atoms with Crippen molar-refractivity contribution in [3.8, 4) is 17.5 Å². The molecule has 24 heavy (non-hydrogen) atoms. The van der Waals surface area contributed by atoms with Crippen molar-refractivity contribution in [2.24, 2.45) is 5.92 Å². The highest BCUT2D eigenvalue weighted by Gasteiger charge is 2.17. The molecular formula is C21H23N3. The van der Waals surface area contributed by atoms with E-state index in [-0.39, 0.29) is 11.3 Å². The Kier molecular flexibility index (Phi) is 4.15. The van der Waals surface area contributed by atoms with Crippen LogP contribution in [0.2, 0.25) is 0 Å². The lowest BCUT2D eigenvalue weighted by molar-refractivity contribution is 0.589. The van der Waals surface area contributed by atoms with Crippen molar-refractivity contribution in [2.45, 2.75) is 39.7 Å². The summed E-state index contributed by atoms with van der Waals surface area (Å²) in [5.41, 5.74) is 4.57. The molecule has 0 aliphatic rings. The second-order valence-corrected chi connectivity index (χ2v) is 7.39. The number of aromatic nitrogens is 2. The van der Waals surface area contributed by atoms with Gasteiger partial charge in [0.15, 0.2) is 0 Å². The van der Waals surface area contributed by atoms with Crippen LogP contribution in [0.4, 0.5) is 0 Å². The molecule has 3 nitrogen and oxygen atoms in total. The fourth-order valence-electron chi connectivity index (χ4n) is 2.91. The van der Waals surface area contributed by atoms with Crippen LogP contribution in [0.25, 0.3) is 22.4 Å². The average Bonchev–Trinajstić information content (AvgIpc) is 2.93. The van der Waals surface area contributed by atoms with E-state index in [4.69, 9.17) is 4.98 Å². The van der Waals surface area contributed by atoms with E-state index in [0.29, 0.717) is 6.54 Å². The number of para-hydroxylation sites is 2. The van der Waals surface area contributed by atoms with E-state index in [1.165, 1.54) is 5.56 Å². The highest BCUT2D eigenvalue weighted by Crippen LogP contribution is 2.28. The molecule has 0 spiro atoms. The molecule has 1 unspecified atom stereocenters. The van der Waals surface area contributed by atoms with Crippen molar-refractivity contribution >= 4 is 11.0 Å². The van der Waals surface area contributed by atoms with Gasteiger partial charge in [-0.05, 0) is 30.0 Å². The van der Waals surface area contributed by atoms with Crippen LogP contribution in [-0.2, 0) is 12.0 Å².